The molecule has 0 atom stereocenters. The molecule has 0 aliphatic carbocycles. The van der Waals surface area contributed by atoms with E-state index in [1.54, 1.807) is 18.2 Å². The van der Waals surface area contributed by atoms with E-state index in [-0.39, 0.29) is 0 Å². The van der Waals surface area contributed by atoms with Crippen molar-refractivity contribution in [3.8, 4) is 0 Å². The third-order valence-electron chi connectivity index (χ3n) is 3.07. The van der Waals surface area contributed by atoms with E-state index in [4.69, 9.17) is 10.5 Å². The minimum Gasteiger partial charge on any atom is -0.452 e. The van der Waals surface area contributed by atoms with Gasteiger partial charge in [0.15, 0.2) is 6.61 Å². The van der Waals surface area contributed by atoms with Crippen LogP contribution >= 0.6 is 11.3 Å². The highest BCUT2D eigenvalue weighted by atomic mass is 32.1. The zero-order valence-corrected chi connectivity index (χ0v) is 13.8. The Morgan fingerprint density at radius 3 is 2.50 bits per heavy atom. The first-order chi connectivity index (χ1) is 11.5. The van der Waals surface area contributed by atoms with Gasteiger partial charge in [-0.2, -0.15) is 0 Å². The van der Waals surface area contributed by atoms with Gasteiger partial charge in [-0.15, -0.1) is 11.3 Å². The number of carbonyl (C=O) groups is 3. The summed E-state index contributed by atoms with van der Waals surface area (Å²) < 4.78 is 4.87. The van der Waals surface area contributed by atoms with Gasteiger partial charge in [0.25, 0.3) is 5.91 Å². The average Bonchev–Trinajstić information content (AvgIpc) is 2.96. The summed E-state index contributed by atoms with van der Waals surface area (Å²) >= 11 is 1.51. The van der Waals surface area contributed by atoms with E-state index in [0.29, 0.717) is 11.3 Å². The molecule has 1 heterocycles. The van der Waals surface area contributed by atoms with Gasteiger partial charge in [0, 0.05) is 22.2 Å². The van der Waals surface area contributed by atoms with Crippen LogP contribution in [0.3, 0.4) is 0 Å². The second-order valence-corrected chi connectivity index (χ2v) is 5.85. The molecule has 0 spiro atoms. The van der Waals surface area contributed by atoms with Gasteiger partial charge >= 0.3 is 5.97 Å². The molecular formula is C17H16N2O4S. The van der Waals surface area contributed by atoms with E-state index in [1.807, 2.05) is 18.4 Å². The quantitative estimate of drug-likeness (QED) is 0.621. The number of primary amides is 1. The Morgan fingerprint density at radius 1 is 1.21 bits per heavy atom. The highest BCUT2D eigenvalue weighted by molar-refractivity contribution is 7.11. The number of rotatable bonds is 6. The summed E-state index contributed by atoms with van der Waals surface area (Å²) in [5.74, 6) is -1.62. The van der Waals surface area contributed by atoms with E-state index in [2.05, 4.69) is 5.32 Å². The number of amides is 2. The number of carbonyl (C=O) groups excluding carboxylic acids is 3. The summed E-state index contributed by atoms with van der Waals surface area (Å²) in [5, 5.41) is 4.48. The van der Waals surface area contributed by atoms with Crippen LogP contribution in [-0.4, -0.2) is 24.4 Å². The Balaban J connectivity index is 1.80. The zero-order chi connectivity index (χ0) is 17.5. The maximum Gasteiger partial charge on any atom is 0.331 e. The maximum absolute atomic E-state index is 11.7. The van der Waals surface area contributed by atoms with Gasteiger partial charge in [-0.1, -0.05) is 0 Å². The van der Waals surface area contributed by atoms with Crippen LogP contribution in [0.5, 0.6) is 0 Å². The molecule has 24 heavy (non-hydrogen) atoms. The second kappa shape index (κ2) is 8.07. The molecule has 6 nitrogen and oxygen atoms in total. The van der Waals surface area contributed by atoms with E-state index in [9.17, 15) is 14.4 Å². The van der Waals surface area contributed by atoms with Gasteiger partial charge in [0.05, 0.1) is 0 Å². The Morgan fingerprint density at radius 2 is 1.92 bits per heavy atom. The van der Waals surface area contributed by atoms with Crippen LogP contribution < -0.4 is 11.1 Å². The molecule has 0 aliphatic heterocycles. The zero-order valence-electron chi connectivity index (χ0n) is 12.9. The summed E-state index contributed by atoms with van der Waals surface area (Å²) in [7, 11) is 0. The topological polar surface area (TPSA) is 98.5 Å². The standard InChI is InChI=1S/C17H16N2O4S/c1-11-8-9-24-14(11)6-7-16(21)23-10-15(20)19-13-4-2-12(3-5-13)17(18)22/h2-9H,10H2,1H3,(H2,18,22)(H,19,20)/b7-6+. The molecule has 7 heteroatoms. The number of thiophene rings is 1. The maximum atomic E-state index is 11.7. The lowest BCUT2D eigenvalue weighted by molar-refractivity contribution is -0.142. The number of hydrogen-bond acceptors (Lipinski definition) is 5. The number of ether oxygens (including phenoxy) is 1. The summed E-state index contributed by atoms with van der Waals surface area (Å²) in [6, 6.07) is 8.03. The summed E-state index contributed by atoms with van der Waals surface area (Å²) in [5.41, 5.74) is 7.02. The fourth-order valence-electron chi connectivity index (χ4n) is 1.80. The number of benzene rings is 1. The molecule has 2 amide bonds. The van der Waals surface area contributed by atoms with E-state index >= 15 is 0 Å². The first-order valence-corrected chi connectivity index (χ1v) is 7.92. The van der Waals surface area contributed by atoms with Crippen molar-refractivity contribution in [3.05, 3.63) is 57.8 Å². The molecule has 1 aromatic heterocycles. The van der Waals surface area contributed by atoms with Gasteiger partial charge in [0.2, 0.25) is 5.91 Å². The smallest absolute Gasteiger partial charge is 0.331 e. The number of aryl methyl sites for hydroxylation is 1. The highest BCUT2D eigenvalue weighted by Crippen LogP contribution is 2.17. The molecule has 1 aromatic carbocycles. The van der Waals surface area contributed by atoms with Crippen LogP contribution in [-0.2, 0) is 14.3 Å². The lowest BCUT2D eigenvalue weighted by atomic mass is 10.2. The molecule has 3 N–H and O–H groups in total. The summed E-state index contributed by atoms with van der Waals surface area (Å²) in [4.78, 5) is 35.2. The molecule has 2 rings (SSSR count). The minimum atomic E-state index is -0.595. The molecule has 0 bridgehead atoms. The second-order valence-electron chi connectivity index (χ2n) is 4.90. The Bertz CT molecular complexity index is 778. The van der Waals surface area contributed by atoms with Crippen LogP contribution in [0.4, 0.5) is 5.69 Å². The first kappa shape index (κ1) is 17.4. The number of nitrogens with two attached hydrogens (primary N) is 1. The van der Waals surface area contributed by atoms with Crippen LogP contribution in [0.15, 0.2) is 41.8 Å². The van der Waals surface area contributed by atoms with Crippen LogP contribution in [0, 0.1) is 6.92 Å². The van der Waals surface area contributed by atoms with Crippen molar-refractivity contribution in [3.63, 3.8) is 0 Å². The SMILES string of the molecule is Cc1ccsc1/C=C/C(=O)OCC(=O)Nc1ccc(C(N)=O)cc1. The number of esters is 1. The molecule has 2 aromatic rings. The Labute approximate surface area is 142 Å². The lowest BCUT2D eigenvalue weighted by Gasteiger charge is -2.05. The van der Waals surface area contributed by atoms with Crippen molar-refractivity contribution in [1.82, 2.24) is 0 Å². The predicted molar refractivity (Wildman–Crippen MR) is 92.6 cm³/mol. The van der Waals surface area contributed by atoms with Crippen molar-refractivity contribution < 1.29 is 19.1 Å². The molecule has 0 unspecified atom stereocenters. The lowest BCUT2D eigenvalue weighted by Crippen LogP contribution is -2.20. The Kier molecular flexibility index (Phi) is 5.86. The fourth-order valence-corrected chi connectivity index (χ4v) is 2.62. The van der Waals surface area contributed by atoms with Crippen molar-refractivity contribution in [2.24, 2.45) is 5.73 Å². The van der Waals surface area contributed by atoms with E-state index < -0.39 is 24.4 Å². The van der Waals surface area contributed by atoms with Crippen molar-refractivity contribution in [1.29, 1.82) is 0 Å². The van der Waals surface area contributed by atoms with Gasteiger partial charge in [-0.3, -0.25) is 9.59 Å². The number of anilines is 1. The normalized spacial score (nSPS) is 10.5. The molecule has 0 aliphatic rings. The first-order valence-electron chi connectivity index (χ1n) is 7.04. The molecular weight excluding hydrogens is 328 g/mol. The molecule has 124 valence electrons. The Hall–Kier alpha value is -2.93. The fraction of sp³-hybridized carbons (Fsp3) is 0.118. The molecule has 0 fully saturated rings. The van der Waals surface area contributed by atoms with Crippen molar-refractivity contribution in [2.75, 3.05) is 11.9 Å². The number of nitrogens with one attached hydrogen (secondary N) is 1. The largest absolute Gasteiger partial charge is 0.452 e. The third kappa shape index (κ3) is 5.06. The average molecular weight is 344 g/mol. The van der Waals surface area contributed by atoms with E-state index in [0.717, 1.165) is 10.4 Å². The van der Waals surface area contributed by atoms with Gasteiger partial charge in [-0.05, 0) is 54.3 Å². The summed E-state index contributed by atoms with van der Waals surface area (Å²) in [6.07, 6.45) is 2.94. The van der Waals surface area contributed by atoms with Crippen molar-refractivity contribution >= 4 is 40.9 Å². The van der Waals surface area contributed by atoms with Crippen LogP contribution in [0.25, 0.3) is 6.08 Å². The summed E-state index contributed by atoms with van der Waals surface area (Å²) in [6.45, 7) is 1.54. The van der Waals surface area contributed by atoms with E-state index in [1.165, 1.54) is 29.5 Å². The predicted octanol–water partition coefficient (Wildman–Crippen LogP) is 2.35. The highest BCUT2D eigenvalue weighted by Gasteiger charge is 2.07. The van der Waals surface area contributed by atoms with Gasteiger partial charge in [-0.25, -0.2) is 4.79 Å². The van der Waals surface area contributed by atoms with Crippen LogP contribution in [0.1, 0.15) is 20.8 Å². The monoisotopic (exact) mass is 344 g/mol. The molecule has 0 radical (unpaired) electrons. The number of hydrogen-bond donors (Lipinski definition) is 2. The molecule has 0 saturated carbocycles. The minimum absolute atomic E-state index is 0.341. The molecule has 0 saturated heterocycles. The van der Waals surface area contributed by atoms with Crippen LogP contribution in [0.2, 0.25) is 0 Å². The van der Waals surface area contributed by atoms with Gasteiger partial charge in [0.1, 0.15) is 0 Å². The van der Waals surface area contributed by atoms with Crippen molar-refractivity contribution in [2.45, 2.75) is 6.92 Å². The third-order valence-corrected chi connectivity index (χ3v) is 4.06. The van der Waals surface area contributed by atoms with Gasteiger partial charge < -0.3 is 15.8 Å².